The van der Waals surface area contributed by atoms with Gasteiger partial charge in [-0.05, 0) is 26.4 Å². The van der Waals surface area contributed by atoms with Gasteiger partial charge < -0.3 is 19.7 Å². The lowest BCUT2D eigenvalue weighted by Crippen LogP contribution is -2.33. The average molecular weight is 255 g/mol. The Bertz CT molecular complexity index is 378. The molecule has 0 aliphatic rings. The molecule has 6 nitrogen and oxygen atoms in total. The van der Waals surface area contributed by atoms with Crippen LogP contribution in [0.3, 0.4) is 0 Å². The number of rotatable bonds is 7. The van der Waals surface area contributed by atoms with Crippen molar-refractivity contribution in [3.63, 3.8) is 0 Å². The number of hydrogen-bond donors (Lipinski definition) is 2. The summed E-state index contributed by atoms with van der Waals surface area (Å²) in [7, 11) is 3.99. The molecule has 0 amide bonds. The molecule has 0 aromatic carbocycles. The molecule has 0 spiro atoms. The predicted molar refractivity (Wildman–Crippen MR) is 68.9 cm³/mol. The van der Waals surface area contributed by atoms with Crippen molar-refractivity contribution in [3.8, 4) is 0 Å². The van der Waals surface area contributed by atoms with Crippen LogP contribution in [0, 0.1) is 5.92 Å². The van der Waals surface area contributed by atoms with Crippen molar-refractivity contribution < 1.29 is 14.3 Å². The lowest BCUT2D eigenvalue weighted by atomic mass is 10.0. The molecule has 0 saturated heterocycles. The average Bonchev–Trinajstić information content (AvgIpc) is 2.63. The van der Waals surface area contributed by atoms with Crippen LogP contribution in [0.2, 0.25) is 0 Å². The third-order valence-corrected chi connectivity index (χ3v) is 2.39. The van der Waals surface area contributed by atoms with E-state index < -0.39 is 5.97 Å². The number of anilines is 1. The lowest BCUT2D eigenvalue weighted by molar-refractivity contribution is 0.0690. The number of nitrogens with zero attached hydrogens (tertiary/aromatic N) is 2. The molecule has 1 aromatic rings. The van der Waals surface area contributed by atoms with Crippen LogP contribution in [0.1, 0.15) is 30.8 Å². The number of carboxylic acid groups (broad SMARTS) is 1. The highest BCUT2D eigenvalue weighted by atomic mass is 16.4. The molecule has 0 aliphatic carbocycles. The molecular formula is C12H21N3O3. The highest BCUT2D eigenvalue weighted by Crippen LogP contribution is 2.13. The fourth-order valence-corrected chi connectivity index (χ4v) is 1.80. The number of aromatic carboxylic acids is 1. The molecule has 1 aromatic heterocycles. The molecule has 0 radical (unpaired) electrons. The molecule has 1 heterocycles. The Balaban J connectivity index is 2.65. The third kappa shape index (κ3) is 4.75. The van der Waals surface area contributed by atoms with Gasteiger partial charge in [-0.15, -0.1) is 0 Å². The maximum absolute atomic E-state index is 10.7. The fourth-order valence-electron chi connectivity index (χ4n) is 1.80. The van der Waals surface area contributed by atoms with E-state index in [1.807, 2.05) is 14.1 Å². The molecule has 2 N–H and O–H groups in total. The van der Waals surface area contributed by atoms with Crippen molar-refractivity contribution in [2.24, 2.45) is 5.92 Å². The molecular weight excluding hydrogens is 234 g/mol. The molecule has 6 heteroatoms. The van der Waals surface area contributed by atoms with E-state index in [1.54, 1.807) is 0 Å². The Morgan fingerprint density at radius 1 is 1.56 bits per heavy atom. The van der Waals surface area contributed by atoms with Crippen molar-refractivity contribution >= 4 is 12.0 Å². The van der Waals surface area contributed by atoms with Crippen molar-refractivity contribution in [3.05, 3.63) is 12.0 Å². The van der Waals surface area contributed by atoms with E-state index in [2.05, 4.69) is 29.0 Å². The highest BCUT2D eigenvalue weighted by molar-refractivity contribution is 5.85. The second-order valence-electron chi connectivity index (χ2n) is 5.08. The Hall–Kier alpha value is -1.56. The first-order chi connectivity index (χ1) is 8.38. The van der Waals surface area contributed by atoms with Gasteiger partial charge in [0.1, 0.15) is 6.26 Å². The van der Waals surface area contributed by atoms with E-state index in [4.69, 9.17) is 9.52 Å². The zero-order valence-corrected chi connectivity index (χ0v) is 11.3. The van der Waals surface area contributed by atoms with Crippen molar-refractivity contribution in [1.29, 1.82) is 0 Å². The summed E-state index contributed by atoms with van der Waals surface area (Å²) >= 11 is 0. The second-order valence-corrected chi connectivity index (χ2v) is 5.08. The number of likely N-dealkylation sites (N-methyl/N-ethyl adjacent to an activating group) is 1. The molecule has 0 saturated carbocycles. The largest absolute Gasteiger partial charge is 0.476 e. The van der Waals surface area contributed by atoms with E-state index >= 15 is 0 Å². The van der Waals surface area contributed by atoms with Gasteiger partial charge in [0.15, 0.2) is 5.69 Å². The Labute approximate surface area is 107 Å². The first kappa shape index (κ1) is 14.5. The third-order valence-electron chi connectivity index (χ3n) is 2.39. The van der Waals surface area contributed by atoms with Crippen LogP contribution in [-0.2, 0) is 0 Å². The Morgan fingerprint density at radius 2 is 2.22 bits per heavy atom. The Morgan fingerprint density at radius 3 is 2.67 bits per heavy atom. The summed E-state index contributed by atoms with van der Waals surface area (Å²) in [4.78, 5) is 16.6. The van der Waals surface area contributed by atoms with Gasteiger partial charge in [-0.1, -0.05) is 13.8 Å². The standard InChI is InChI=1S/C12H21N3O3/c1-8(2)5-9(6-15(3)4)13-12-14-10(7-18-12)11(16)17/h7-9H,5-6H2,1-4H3,(H,13,14)(H,16,17). The number of carbonyl (C=O) groups is 1. The number of hydrogen-bond acceptors (Lipinski definition) is 5. The number of nitrogens with one attached hydrogen (secondary N) is 1. The fraction of sp³-hybridized carbons (Fsp3) is 0.667. The minimum atomic E-state index is -1.08. The summed E-state index contributed by atoms with van der Waals surface area (Å²) in [6.07, 6.45) is 2.11. The van der Waals surface area contributed by atoms with Gasteiger partial charge in [-0.2, -0.15) is 4.98 Å². The van der Waals surface area contributed by atoms with Crippen LogP contribution in [0.4, 0.5) is 6.01 Å². The van der Waals surface area contributed by atoms with Gasteiger partial charge in [-0.3, -0.25) is 0 Å². The minimum Gasteiger partial charge on any atom is -0.476 e. The second kappa shape index (κ2) is 6.39. The smallest absolute Gasteiger partial charge is 0.357 e. The quantitative estimate of drug-likeness (QED) is 0.773. The maximum Gasteiger partial charge on any atom is 0.357 e. The molecule has 1 atom stereocenters. The number of oxazole rings is 1. The molecule has 0 bridgehead atoms. The van der Waals surface area contributed by atoms with Crippen LogP contribution >= 0.6 is 0 Å². The zero-order valence-electron chi connectivity index (χ0n) is 11.3. The predicted octanol–water partition coefficient (Wildman–Crippen LogP) is 1.76. The molecule has 102 valence electrons. The van der Waals surface area contributed by atoms with Gasteiger partial charge in [0, 0.05) is 12.6 Å². The minimum absolute atomic E-state index is 0.0781. The summed E-state index contributed by atoms with van der Waals surface area (Å²) in [6, 6.07) is 0.445. The highest BCUT2D eigenvalue weighted by Gasteiger charge is 2.16. The first-order valence-corrected chi connectivity index (χ1v) is 5.98. The van der Waals surface area contributed by atoms with Crippen LogP contribution in [0.25, 0.3) is 0 Å². The molecule has 1 rings (SSSR count). The zero-order chi connectivity index (χ0) is 13.7. The van der Waals surface area contributed by atoms with Crippen LogP contribution in [0.5, 0.6) is 0 Å². The van der Waals surface area contributed by atoms with Crippen LogP contribution in [0.15, 0.2) is 10.7 Å². The number of aromatic nitrogens is 1. The monoisotopic (exact) mass is 255 g/mol. The summed E-state index contributed by atoms with van der Waals surface area (Å²) in [5.74, 6) is -0.545. The summed E-state index contributed by atoms with van der Waals surface area (Å²) < 4.78 is 5.10. The van der Waals surface area contributed by atoms with Gasteiger partial charge in [-0.25, -0.2) is 4.79 Å². The number of carboxylic acids is 1. The summed E-state index contributed by atoms with van der Waals surface area (Å²) in [5.41, 5.74) is -0.0781. The van der Waals surface area contributed by atoms with E-state index in [1.165, 1.54) is 0 Å². The van der Waals surface area contributed by atoms with Crippen LogP contribution < -0.4 is 5.32 Å². The SMILES string of the molecule is CC(C)CC(CN(C)C)Nc1nc(C(=O)O)co1. The van der Waals surface area contributed by atoms with Gasteiger partial charge in [0.2, 0.25) is 0 Å². The van der Waals surface area contributed by atoms with Gasteiger partial charge in [0.25, 0.3) is 6.01 Å². The van der Waals surface area contributed by atoms with E-state index in [0.717, 1.165) is 19.2 Å². The van der Waals surface area contributed by atoms with Gasteiger partial charge >= 0.3 is 5.97 Å². The first-order valence-electron chi connectivity index (χ1n) is 5.98. The normalized spacial score (nSPS) is 13.0. The van der Waals surface area contributed by atoms with Crippen molar-refractivity contribution in [2.75, 3.05) is 26.0 Å². The van der Waals surface area contributed by atoms with E-state index in [-0.39, 0.29) is 17.8 Å². The van der Waals surface area contributed by atoms with Crippen molar-refractivity contribution in [1.82, 2.24) is 9.88 Å². The maximum atomic E-state index is 10.7. The van der Waals surface area contributed by atoms with E-state index in [9.17, 15) is 4.79 Å². The molecule has 1 unspecified atom stereocenters. The molecule has 0 fully saturated rings. The summed E-state index contributed by atoms with van der Waals surface area (Å²) in [6.45, 7) is 5.12. The molecule has 18 heavy (non-hydrogen) atoms. The van der Waals surface area contributed by atoms with E-state index in [0.29, 0.717) is 5.92 Å². The Kier molecular flexibility index (Phi) is 5.15. The van der Waals surface area contributed by atoms with Crippen molar-refractivity contribution in [2.45, 2.75) is 26.3 Å². The van der Waals surface area contributed by atoms with Crippen LogP contribution in [-0.4, -0.2) is 47.6 Å². The van der Waals surface area contributed by atoms with Gasteiger partial charge in [0.05, 0.1) is 0 Å². The topological polar surface area (TPSA) is 78.6 Å². The lowest BCUT2D eigenvalue weighted by Gasteiger charge is -2.22. The summed E-state index contributed by atoms with van der Waals surface area (Å²) in [5, 5.41) is 11.9. The molecule has 0 aliphatic heterocycles.